The molecule has 0 aromatic carbocycles. The summed E-state index contributed by atoms with van der Waals surface area (Å²) < 4.78 is 4.58. The minimum Gasteiger partial charge on any atom is -0.447 e. The van der Waals surface area contributed by atoms with E-state index in [-0.39, 0.29) is 5.91 Å². The van der Waals surface area contributed by atoms with E-state index in [1.807, 2.05) is 0 Å². The molecule has 5 heteroatoms. The van der Waals surface area contributed by atoms with Crippen LogP contribution < -0.4 is 0 Å². The molecule has 62 valence electrons. The lowest BCUT2D eigenvalue weighted by Crippen LogP contribution is -2.31. The molecule has 1 saturated heterocycles. The molecule has 0 unspecified atom stereocenters. The lowest BCUT2D eigenvalue weighted by Gasteiger charge is -2.08. The van der Waals surface area contributed by atoms with Crippen LogP contribution in [0.3, 0.4) is 0 Å². The summed E-state index contributed by atoms with van der Waals surface area (Å²) in [6.07, 6.45) is -0.175. The van der Waals surface area contributed by atoms with Crippen molar-refractivity contribution in [1.29, 1.82) is 0 Å². The lowest BCUT2D eigenvalue weighted by atomic mass is 10.4. The summed E-state index contributed by atoms with van der Waals surface area (Å²) in [5, 5.41) is 0.579. The summed E-state index contributed by atoms with van der Waals surface area (Å²) in [4.78, 5) is 22.9. The summed E-state index contributed by atoms with van der Waals surface area (Å²) in [6.45, 7) is 0.720. The van der Waals surface area contributed by atoms with Crippen LogP contribution in [0.25, 0.3) is 0 Å². The van der Waals surface area contributed by atoms with E-state index in [9.17, 15) is 9.59 Å². The summed E-state index contributed by atoms with van der Waals surface area (Å²) in [6, 6.07) is 0. The molecule has 0 aromatic rings. The Morgan fingerprint density at radius 1 is 1.73 bits per heavy atom. The first kappa shape index (κ1) is 8.52. The zero-order chi connectivity index (χ0) is 8.27. The molecule has 1 fully saturated rings. The average molecular weight is 222 g/mol. The molecular weight excluding hydrogens is 214 g/mol. The molecule has 1 aliphatic rings. The van der Waals surface area contributed by atoms with Gasteiger partial charge in [0.1, 0.15) is 6.61 Å². The number of halogens is 1. The van der Waals surface area contributed by atoms with Crippen LogP contribution >= 0.6 is 15.9 Å². The highest BCUT2D eigenvalue weighted by Gasteiger charge is 2.27. The Morgan fingerprint density at radius 2 is 2.45 bits per heavy atom. The molecular formula is C6H8BrNO3. The van der Waals surface area contributed by atoms with Crippen molar-refractivity contribution in [3.63, 3.8) is 0 Å². The van der Waals surface area contributed by atoms with E-state index in [1.54, 1.807) is 0 Å². The van der Waals surface area contributed by atoms with Gasteiger partial charge in [0.25, 0.3) is 0 Å². The van der Waals surface area contributed by atoms with Gasteiger partial charge >= 0.3 is 6.09 Å². The van der Waals surface area contributed by atoms with E-state index in [2.05, 4.69) is 20.7 Å². The number of hydrogen-bond acceptors (Lipinski definition) is 3. The molecule has 2 amide bonds. The summed E-state index contributed by atoms with van der Waals surface area (Å²) >= 11 is 3.12. The smallest absolute Gasteiger partial charge is 0.416 e. The third-order valence-electron chi connectivity index (χ3n) is 1.37. The van der Waals surface area contributed by atoms with Gasteiger partial charge in [-0.3, -0.25) is 4.79 Å². The number of amides is 2. The second kappa shape index (κ2) is 3.71. The van der Waals surface area contributed by atoms with Gasteiger partial charge in [-0.1, -0.05) is 15.9 Å². The first-order valence-electron chi connectivity index (χ1n) is 3.29. The molecule has 0 bridgehead atoms. The lowest BCUT2D eigenvalue weighted by molar-refractivity contribution is -0.127. The van der Waals surface area contributed by atoms with Crippen molar-refractivity contribution in [2.45, 2.75) is 6.42 Å². The van der Waals surface area contributed by atoms with E-state index in [4.69, 9.17) is 0 Å². The first-order valence-corrected chi connectivity index (χ1v) is 4.41. The van der Waals surface area contributed by atoms with Crippen molar-refractivity contribution in [3.05, 3.63) is 0 Å². The van der Waals surface area contributed by atoms with E-state index < -0.39 is 6.09 Å². The van der Waals surface area contributed by atoms with Crippen molar-refractivity contribution in [3.8, 4) is 0 Å². The summed E-state index contributed by atoms with van der Waals surface area (Å²) in [5.41, 5.74) is 0. The predicted octanol–water partition coefficient (Wildman–Crippen LogP) is 0.750. The summed E-state index contributed by atoms with van der Waals surface area (Å²) in [5.74, 6) is -0.177. The van der Waals surface area contributed by atoms with Gasteiger partial charge in [-0.25, -0.2) is 9.69 Å². The Bertz CT molecular complexity index is 183. The van der Waals surface area contributed by atoms with Gasteiger partial charge in [0.05, 0.1) is 6.54 Å². The van der Waals surface area contributed by atoms with Crippen LogP contribution in [0.4, 0.5) is 4.79 Å². The molecule has 0 atom stereocenters. The fourth-order valence-electron chi connectivity index (χ4n) is 0.836. The van der Waals surface area contributed by atoms with Crippen molar-refractivity contribution >= 4 is 27.9 Å². The maximum atomic E-state index is 11.1. The Kier molecular flexibility index (Phi) is 2.87. The molecule has 11 heavy (non-hydrogen) atoms. The predicted molar refractivity (Wildman–Crippen MR) is 41.5 cm³/mol. The molecule has 0 N–H and O–H groups in total. The molecule has 1 heterocycles. The van der Waals surface area contributed by atoms with Crippen LogP contribution in [0, 0.1) is 0 Å². The molecule has 0 spiro atoms. The number of nitrogens with zero attached hydrogens (tertiary/aromatic N) is 1. The highest BCUT2D eigenvalue weighted by molar-refractivity contribution is 9.09. The number of hydrogen-bond donors (Lipinski definition) is 0. The number of alkyl halides is 1. The Balaban J connectivity index is 2.46. The van der Waals surface area contributed by atoms with Crippen molar-refractivity contribution in [2.75, 3.05) is 18.5 Å². The number of imide groups is 1. The maximum Gasteiger partial charge on any atom is 0.416 e. The van der Waals surface area contributed by atoms with Crippen LogP contribution in [0.5, 0.6) is 0 Å². The van der Waals surface area contributed by atoms with Crippen molar-refractivity contribution < 1.29 is 14.3 Å². The van der Waals surface area contributed by atoms with Gasteiger partial charge < -0.3 is 4.74 Å². The van der Waals surface area contributed by atoms with Gasteiger partial charge in [0, 0.05) is 11.8 Å². The van der Waals surface area contributed by atoms with Crippen LogP contribution in [0.2, 0.25) is 0 Å². The molecule has 4 nitrogen and oxygen atoms in total. The first-order chi connectivity index (χ1) is 5.25. The highest BCUT2D eigenvalue weighted by Crippen LogP contribution is 2.05. The standard InChI is InChI=1S/C6H8BrNO3/c7-2-1-5(9)8-3-4-11-6(8)10/h1-4H2. The van der Waals surface area contributed by atoms with E-state index in [0.717, 1.165) is 4.90 Å². The molecule has 1 aliphatic heterocycles. The van der Waals surface area contributed by atoms with Gasteiger partial charge in [0.2, 0.25) is 5.91 Å². The fourth-order valence-corrected chi connectivity index (χ4v) is 1.17. The minimum absolute atomic E-state index is 0.177. The van der Waals surface area contributed by atoms with Gasteiger partial charge in [0.15, 0.2) is 0 Å². The van der Waals surface area contributed by atoms with Gasteiger partial charge in [-0.2, -0.15) is 0 Å². The number of rotatable bonds is 2. The molecule has 0 aliphatic carbocycles. The Labute approximate surface area is 72.6 Å². The second-order valence-corrected chi connectivity index (χ2v) is 2.89. The average Bonchev–Trinajstić information content (AvgIpc) is 2.36. The third-order valence-corrected chi connectivity index (χ3v) is 1.77. The molecule has 0 saturated carbocycles. The zero-order valence-electron chi connectivity index (χ0n) is 5.88. The molecule has 1 rings (SSSR count). The topological polar surface area (TPSA) is 46.6 Å². The quantitative estimate of drug-likeness (QED) is 0.647. The monoisotopic (exact) mass is 221 g/mol. The van der Waals surface area contributed by atoms with E-state index in [1.165, 1.54) is 0 Å². The van der Waals surface area contributed by atoms with Gasteiger partial charge in [-0.15, -0.1) is 0 Å². The largest absolute Gasteiger partial charge is 0.447 e. The Hall–Kier alpha value is -0.580. The third kappa shape index (κ3) is 1.92. The highest BCUT2D eigenvalue weighted by atomic mass is 79.9. The summed E-state index contributed by atoms with van der Waals surface area (Å²) in [7, 11) is 0. The normalized spacial score (nSPS) is 16.8. The number of ether oxygens (including phenoxy) is 1. The Morgan fingerprint density at radius 3 is 2.91 bits per heavy atom. The number of carbonyl (C=O) groups is 2. The van der Waals surface area contributed by atoms with Crippen LogP contribution in [-0.4, -0.2) is 35.4 Å². The van der Waals surface area contributed by atoms with E-state index >= 15 is 0 Å². The number of carbonyl (C=O) groups excluding carboxylic acids is 2. The van der Waals surface area contributed by atoms with Crippen LogP contribution in [0.15, 0.2) is 0 Å². The van der Waals surface area contributed by atoms with E-state index in [0.29, 0.717) is 24.9 Å². The van der Waals surface area contributed by atoms with Crippen LogP contribution in [0.1, 0.15) is 6.42 Å². The fraction of sp³-hybridized carbons (Fsp3) is 0.667. The molecule has 0 aromatic heterocycles. The number of cyclic esters (lactones) is 1. The SMILES string of the molecule is O=C(CCBr)N1CCOC1=O. The zero-order valence-corrected chi connectivity index (χ0v) is 7.46. The molecule has 0 radical (unpaired) electrons. The maximum absolute atomic E-state index is 11.1. The van der Waals surface area contributed by atoms with Gasteiger partial charge in [-0.05, 0) is 0 Å². The van der Waals surface area contributed by atoms with Crippen molar-refractivity contribution in [1.82, 2.24) is 4.90 Å². The van der Waals surface area contributed by atoms with Crippen LogP contribution in [-0.2, 0) is 9.53 Å². The second-order valence-electron chi connectivity index (χ2n) is 2.10. The minimum atomic E-state index is -0.518. The van der Waals surface area contributed by atoms with Crippen molar-refractivity contribution in [2.24, 2.45) is 0 Å².